The Morgan fingerprint density at radius 2 is 1.74 bits per heavy atom. The number of carboxylic acids is 1. The first-order valence-corrected chi connectivity index (χ1v) is 10.0. The molecular weight excluding hydrogens is 445 g/mol. The highest BCUT2D eigenvalue weighted by atomic mass is 35.5. The highest BCUT2D eigenvalue weighted by molar-refractivity contribution is 6.37. The molecule has 0 saturated carbocycles. The molecule has 0 atom stereocenters. The maximum Gasteiger partial charge on any atom is 0.335 e. The Morgan fingerprint density at radius 3 is 2.26 bits per heavy atom. The summed E-state index contributed by atoms with van der Waals surface area (Å²) < 4.78 is 5.28. The molecule has 0 radical (unpaired) electrons. The monoisotopic (exact) mass is 465 g/mol. The minimum atomic E-state index is -1.26. The summed E-state index contributed by atoms with van der Waals surface area (Å²) in [4.78, 5) is 33.6. The van der Waals surface area contributed by atoms with Crippen molar-refractivity contribution in [3.05, 3.63) is 72.7 Å². The Hall–Kier alpha value is -2.90. The molecule has 0 amide bonds. The predicted octanol–water partition coefficient (Wildman–Crippen LogP) is 6.04. The van der Waals surface area contributed by atoms with Crippen molar-refractivity contribution >= 4 is 53.0 Å². The van der Waals surface area contributed by atoms with Gasteiger partial charge >= 0.3 is 11.9 Å². The van der Waals surface area contributed by atoms with Gasteiger partial charge < -0.3 is 9.84 Å². The van der Waals surface area contributed by atoms with Crippen molar-refractivity contribution in [3.8, 4) is 0 Å². The van der Waals surface area contributed by atoms with Crippen LogP contribution in [-0.2, 0) is 16.0 Å². The minimum Gasteiger partial charge on any atom is -0.478 e. The van der Waals surface area contributed by atoms with Gasteiger partial charge in [-0.1, -0.05) is 29.3 Å². The number of ether oxygens (including phenoxy) is 1. The van der Waals surface area contributed by atoms with Crippen molar-refractivity contribution in [2.24, 2.45) is 0 Å². The Bertz CT molecular complexity index is 1030. The van der Waals surface area contributed by atoms with E-state index in [1.165, 1.54) is 24.3 Å². The Kier molecular flexibility index (Phi) is 7.81. The van der Waals surface area contributed by atoms with Crippen molar-refractivity contribution in [2.45, 2.75) is 39.2 Å². The molecule has 1 N–H and O–H groups in total. The van der Waals surface area contributed by atoms with Gasteiger partial charge in [0, 0.05) is 28.1 Å². The van der Waals surface area contributed by atoms with E-state index in [1.807, 2.05) is 0 Å². The molecule has 0 saturated heterocycles. The van der Waals surface area contributed by atoms with Gasteiger partial charge in [0.05, 0.1) is 16.1 Å². The molecule has 0 spiro atoms. The predicted molar refractivity (Wildman–Crippen MR) is 120 cm³/mol. The zero-order valence-electron chi connectivity index (χ0n) is 17.1. The molecule has 2 aromatic carbocycles. The number of nitro groups is 1. The van der Waals surface area contributed by atoms with Crippen LogP contribution in [-0.4, -0.2) is 27.6 Å². The van der Waals surface area contributed by atoms with Crippen LogP contribution in [0.5, 0.6) is 0 Å². The average Bonchev–Trinajstić information content (AvgIpc) is 2.64. The van der Waals surface area contributed by atoms with Gasteiger partial charge in [0.15, 0.2) is 0 Å². The first-order chi connectivity index (χ1) is 14.4. The van der Waals surface area contributed by atoms with Gasteiger partial charge in [-0.05, 0) is 63.1 Å². The zero-order valence-corrected chi connectivity index (χ0v) is 18.7. The van der Waals surface area contributed by atoms with Crippen LogP contribution in [0, 0.1) is 10.1 Å². The van der Waals surface area contributed by atoms with E-state index in [9.17, 15) is 19.7 Å². The molecule has 0 aromatic heterocycles. The van der Waals surface area contributed by atoms with E-state index in [0.29, 0.717) is 22.0 Å². The lowest BCUT2D eigenvalue weighted by molar-refractivity contribution is -0.385. The number of hydrogen-bond acceptors (Lipinski definition) is 5. The first kappa shape index (κ1) is 24.4. The van der Waals surface area contributed by atoms with Crippen molar-refractivity contribution in [1.29, 1.82) is 0 Å². The third kappa shape index (κ3) is 7.08. The molecule has 2 aromatic rings. The Morgan fingerprint density at radius 1 is 1.13 bits per heavy atom. The molecule has 0 bridgehead atoms. The van der Waals surface area contributed by atoms with Gasteiger partial charge in [0.1, 0.15) is 5.60 Å². The molecule has 31 heavy (non-hydrogen) atoms. The zero-order chi connectivity index (χ0) is 23.3. The van der Waals surface area contributed by atoms with E-state index in [1.54, 1.807) is 32.9 Å². The third-order valence-corrected chi connectivity index (χ3v) is 4.71. The lowest BCUT2D eigenvalue weighted by Crippen LogP contribution is -2.24. The number of esters is 1. The Labute approximate surface area is 189 Å². The molecular formula is C22H21Cl2NO6. The number of halogens is 2. The fraction of sp³-hybridized carbons (Fsp3) is 0.273. The van der Waals surface area contributed by atoms with Crippen molar-refractivity contribution in [2.75, 3.05) is 0 Å². The van der Waals surface area contributed by atoms with E-state index >= 15 is 0 Å². The minimum absolute atomic E-state index is 0.168. The lowest BCUT2D eigenvalue weighted by atomic mass is 10.0. The van der Waals surface area contributed by atoms with Gasteiger partial charge in [-0.2, -0.15) is 0 Å². The number of hydrogen-bond donors (Lipinski definition) is 1. The maximum absolute atomic E-state index is 11.9. The van der Waals surface area contributed by atoms with Gasteiger partial charge in [-0.25, -0.2) is 4.79 Å². The van der Waals surface area contributed by atoms with Crippen molar-refractivity contribution in [3.63, 3.8) is 0 Å². The number of carbonyl (C=O) groups excluding carboxylic acids is 1. The summed E-state index contributed by atoms with van der Waals surface area (Å²) in [6.45, 7) is 5.37. The van der Waals surface area contributed by atoms with Crippen LogP contribution in [0.15, 0.2) is 30.3 Å². The molecule has 0 aliphatic rings. The van der Waals surface area contributed by atoms with E-state index < -0.39 is 16.5 Å². The standard InChI is InChI=1S/C22H21Cl2NO6/c1-22(2,3)31-20(26)9-4-13-10-17(23)16(18(24)11-13)8-7-14-5-6-15(21(27)28)12-19(14)25(29)30/h5-8,10-12H,4,9H2,1-3H3,(H,27,28)/b8-7+. The summed E-state index contributed by atoms with van der Waals surface area (Å²) in [5, 5.41) is 20.9. The van der Waals surface area contributed by atoms with Crippen LogP contribution >= 0.6 is 23.2 Å². The second-order valence-electron chi connectivity index (χ2n) is 7.73. The number of aromatic carboxylic acids is 1. The molecule has 7 nitrogen and oxygen atoms in total. The Balaban J connectivity index is 2.23. The smallest absolute Gasteiger partial charge is 0.335 e. The summed E-state index contributed by atoms with van der Waals surface area (Å²) in [6.07, 6.45) is 3.52. The highest BCUT2D eigenvalue weighted by Crippen LogP contribution is 2.30. The normalized spacial score (nSPS) is 11.5. The number of carbonyl (C=O) groups is 2. The summed E-state index contributed by atoms with van der Waals surface area (Å²) in [6, 6.07) is 6.94. The fourth-order valence-electron chi connectivity index (χ4n) is 2.73. The van der Waals surface area contributed by atoms with E-state index in [0.717, 1.165) is 11.6 Å². The average molecular weight is 466 g/mol. The fourth-order valence-corrected chi connectivity index (χ4v) is 3.39. The van der Waals surface area contributed by atoms with Gasteiger partial charge in [0.25, 0.3) is 5.69 Å². The van der Waals surface area contributed by atoms with Gasteiger partial charge in [-0.15, -0.1) is 0 Å². The van der Waals surface area contributed by atoms with Crippen LogP contribution in [0.25, 0.3) is 12.2 Å². The van der Waals surface area contributed by atoms with Crippen LogP contribution in [0.3, 0.4) is 0 Å². The second kappa shape index (κ2) is 9.94. The number of rotatable bonds is 7. The first-order valence-electron chi connectivity index (χ1n) is 9.27. The molecule has 164 valence electrons. The second-order valence-corrected chi connectivity index (χ2v) is 8.54. The summed E-state index contributed by atoms with van der Waals surface area (Å²) in [7, 11) is 0. The van der Waals surface area contributed by atoms with Crippen molar-refractivity contribution in [1.82, 2.24) is 0 Å². The maximum atomic E-state index is 11.9. The molecule has 9 heteroatoms. The van der Waals surface area contributed by atoms with Crippen LogP contribution in [0.1, 0.15) is 54.2 Å². The quantitative estimate of drug-likeness (QED) is 0.231. The largest absolute Gasteiger partial charge is 0.478 e. The van der Waals surface area contributed by atoms with E-state index in [2.05, 4.69) is 0 Å². The number of aryl methyl sites for hydroxylation is 1. The molecule has 2 rings (SSSR count). The molecule has 0 fully saturated rings. The SMILES string of the molecule is CC(C)(C)OC(=O)CCc1cc(Cl)c(/C=C/c2ccc(C(=O)O)cc2[N+](=O)[O-])c(Cl)c1. The highest BCUT2D eigenvalue weighted by Gasteiger charge is 2.17. The molecule has 0 aliphatic heterocycles. The number of carboxylic acid groups (broad SMARTS) is 1. The number of nitrogens with zero attached hydrogens (tertiary/aromatic N) is 1. The molecule has 0 unspecified atom stereocenters. The lowest BCUT2D eigenvalue weighted by Gasteiger charge is -2.19. The number of nitro benzene ring substituents is 1. The van der Waals surface area contributed by atoms with Gasteiger partial charge in [-0.3, -0.25) is 14.9 Å². The van der Waals surface area contributed by atoms with Crippen LogP contribution in [0.2, 0.25) is 10.0 Å². The topological polar surface area (TPSA) is 107 Å². The van der Waals surface area contributed by atoms with E-state index in [4.69, 9.17) is 33.0 Å². The number of benzene rings is 2. The van der Waals surface area contributed by atoms with Gasteiger partial charge in [0.2, 0.25) is 0 Å². The van der Waals surface area contributed by atoms with Crippen LogP contribution < -0.4 is 0 Å². The van der Waals surface area contributed by atoms with E-state index in [-0.39, 0.29) is 29.2 Å². The molecule has 0 heterocycles. The molecule has 0 aliphatic carbocycles. The summed E-state index contributed by atoms with van der Waals surface area (Å²) in [5.41, 5.74) is 0.297. The summed E-state index contributed by atoms with van der Waals surface area (Å²) in [5.74, 6) is -1.59. The summed E-state index contributed by atoms with van der Waals surface area (Å²) >= 11 is 12.7. The van der Waals surface area contributed by atoms with Crippen molar-refractivity contribution < 1.29 is 24.4 Å². The van der Waals surface area contributed by atoms with Crippen LogP contribution in [0.4, 0.5) is 5.69 Å². The third-order valence-electron chi connectivity index (χ3n) is 4.08.